The van der Waals surface area contributed by atoms with Gasteiger partial charge in [-0.15, -0.1) is 0 Å². The van der Waals surface area contributed by atoms with Crippen molar-refractivity contribution < 1.29 is 14.7 Å². The standard InChI is InChI=1S/C12H24N2O3/c13-8-4-1-2-7-11(15)10(12(16)17)6-3-5-9-14/h10H,1-9,13-14H2,(H,16,17). The Balaban J connectivity index is 3.93. The summed E-state index contributed by atoms with van der Waals surface area (Å²) in [5.74, 6) is -2.02. The third-order valence-corrected chi connectivity index (χ3v) is 2.76. The number of nitrogens with two attached hydrogens (primary N) is 2. The quantitative estimate of drug-likeness (QED) is 0.370. The first-order valence-electron chi connectivity index (χ1n) is 6.29. The number of unbranched alkanes of at least 4 members (excludes halogenated alkanes) is 3. The second-order valence-electron chi connectivity index (χ2n) is 4.24. The van der Waals surface area contributed by atoms with E-state index in [9.17, 15) is 9.59 Å². The summed E-state index contributed by atoms with van der Waals surface area (Å²) >= 11 is 0. The molecule has 0 saturated carbocycles. The van der Waals surface area contributed by atoms with Crippen LogP contribution in [0.15, 0.2) is 0 Å². The van der Waals surface area contributed by atoms with Gasteiger partial charge >= 0.3 is 5.97 Å². The Hall–Kier alpha value is -0.940. The van der Waals surface area contributed by atoms with Crippen LogP contribution in [0.1, 0.15) is 44.9 Å². The van der Waals surface area contributed by atoms with Gasteiger partial charge in [-0.3, -0.25) is 9.59 Å². The molecule has 17 heavy (non-hydrogen) atoms. The van der Waals surface area contributed by atoms with E-state index in [0.29, 0.717) is 32.4 Å². The van der Waals surface area contributed by atoms with E-state index in [-0.39, 0.29) is 5.78 Å². The van der Waals surface area contributed by atoms with Crippen molar-refractivity contribution in [2.75, 3.05) is 13.1 Å². The first-order chi connectivity index (χ1) is 8.13. The van der Waals surface area contributed by atoms with Gasteiger partial charge in [0, 0.05) is 6.42 Å². The normalized spacial score (nSPS) is 12.4. The molecule has 0 fully saturated rings. The number of carbonyl (C=O) groups is 2. The summed E-state index contributed by atoms with van der Waals surface area (Å²) in [6.07, 6.45) is 4.72. The van der Waals surface area contributed by atoms with Gasteiger partial charge in [0.15, 0.2) is 0 Å². The third kappa shape index (κ3) is 7.88. The molecular weight excluding hydrogens is 220 g/mol. The number of Topliss-reactive ketones (excluding diaryl/α,β-unsaturated/α-hetero) is 1. The van der Waals surface area contributed by atoms with Crippen molar-refractivity contribution >= 4 is 11.8 Å². The molecule has 0 saturated heterocycles. The van der Waals surface area contributed by atoms with Gasteiger partial charge in [-0.25, -0.2) is 0 Å². The van der Waals surface area contributed by atoms with Crippen molar-refractivity contribution in [2.45, 2.75) is 44.9 Å². The predicted octanol–water partition coefficient (Wildman–Crippen LogP) is 0.904. The SMILES string of the molecule is NCCCCCC(=O)C(CCCCN)C(=O)O. The van der Waals surface area contributed by atoms with Crippen LogP contribution in [0.2, 0.25) is 0 Å². The van der Waals surface area contributed by atoms with Crippen LogP contribution in [-0.4, -0.2) is 29.9 Å². The lowest BCUT2D eigenvalue weighted by molar-refractivity contribution is -0.146. The molecule has 0 spiro atoms. The predicted molar refractivity (Wildman–Crippen MR) is 66.6 cm³/mol. The lowest BCUT2D eigenvalue weighted by Crippen LogP contribution is -2.24. The highest BCUT2D eigenvalue weighted by atomic mass is 16.4. The molecule has 0 heterocycles. The van der Waals surface area contributed by atoms with Crippen LogP contribution in [-0.2, 0) is 9.59 Å². The van der Waals surface area contributed by atoms with Crippen molar-refractivity contribution in [1.29, 1.82) is 0 Å². The Morgan fingerprint density at radius 1 is 0.941 bits per heavy atom. The zero-order valence-corrected chi connectivity index (χ0v) is 10.4. The number of carboxylic acids is 1. The van der Waals surface area contributed by atoms with Gasteiger partial charge in [-0.05, 0) is 38.8 Å². The number of hydrogen-bond acceptors (Lipinski definition) is 4. The minimum absolute atomic E-state index is 0.161. The van der Waals surface area contributed by atoms with Crippen molar-refractivity contribution in [3.8, 4) is 0 Å². The maximum atomic E-state index is 11.7. The summed E-state index contributed by atoms with van der Waals surface area (Å²) in [4.78, 5) is 22.7. The number of carbonyl (C=O) groups excluding carboxylic acids is 1. The van der Waals surface area contributed by atoms with Crippen LogP contribution >= 0.6 is 0 Å². The molecule has 0 bridgehead atoms. The van der Waals surface area contributed by atoms with Gasteiger partial charge in [0.1, 0.15) is 11.7 Å². The highest BCUT2D eigenvalue weighted by Gasteiger charge is 2.24. The average Bonchev–Trinajstić information content (AvgIpc) is 2.29. The topological polar surface area (TPSA) is 106 Å². The van der Waals surface area contributed by atoms with Crippen molar-refractivity contribution in [3.05, 3.63) is 0 Å². The highest BCUT2D eigenvalue weighted by molar-refractivity contribution is 5.98. The summed E-state index contributed by atoms with van der Waals surface area (Å²) in [5, 5.41) is 8.97. The summed E-state index contributed by atoms with van der Waals surface area (Å²) in [6, 6.07) is 0. The summed E-state index contributed by atoms with van der Waals surface area (Å²) in [6.45, 7) is 1.16. The second-order valence-corrected chi connectivity index (χ2v) is 4.24. The Kier molecular flexibility index (Phi) is 9.66. The fourth-order valence-electron chi connectivity index (χ4n) is 1.71. The molecule has 0 amide bonds. The minimum Gasteiger partial charge on any atom is -0.481 e. The fraction of sp³-hybridized carbons (Fsp3) is 0.833. The Labute approximate surface area is 103 Å². The molecule has 5 nitrogen and oxygen atoms in total. The molecule has 5 heteroatoms. The van der Waals surface area contributed by atoms with E-state index in [2.05, 4.69) is 0 Å². The molecule has 0 aromatic heterocycles. The molecule has 1 atom stereocenters. The first kappa shape index (κ1) is 16.1. The molecule has 0 aliphatic heterocycles. The molecule has 0 rings (SSSR count). The molecule has 0 radical (unpaired) electrons. The second kappa shape index (κ2) is 10.2. The molecule has 0 aliphatic rings. The summed E-state index contributed by atoms with van der Waals surface area (Å²) < 4.78 is 0. The van der Waals surface area contributed by atoms with Crippen LogP contribution in [0.3, 0.4) is 0 Å². The number of carboxylic acid groups (broad SMARTS) is 1. The molecule has 0 aromatic rings. The largest absolute Gasteiger partial charge is 0.481 e. The lowest BCUT2D eigenvalue weighted by Gasteiger charge is -2.10. The Morgan fingerprint density at radius 2 is 1.53 bits per heavy atom. The van der Waals surface area contributed by atoms with E-state index in [1.54, 1.807) is 0 Å². The molecule has 100 valence electrons. The van der Waals surface area contributed by atoms with E-state index in [0.717, 1.165) is 25.7 Å². The van der Waals surface area contributed by atoms with E-state index in [1.165, 1.54) is 0 Å². The third-order valence-electron chi connectivity index (χ3n) is 2.76. The van der Waals surface area contributed by atoms with E-state index in [4.69, 9.17) is 16.6 Å². The monoisotopic (exact) mass is 244 g/mol. The van der Waals surface area contributed by atoms with Gasteiger partial charge in [0.2, 0.25) is 0 Å². The van der Waals surface area contributed by atoms with E-state index < -0.39 is 11.9 Å². The summed E-state index contributed by atoms with van der Waals surface area (Å²) in [7, 11) is 0. The van der Waals surface area contributed by atoms with Gasteiger partial charge < -0.3 is 16.6 Å². The Morgan fingerprint density at radius 3 is 2.06 bits per heavy atom. The fourth-order valence-corrected chi connectivity index (χ4v) is 1.71. The number of ketones is 1. The first-order valence-corrected chi connectivity index (χ1v) is 6.29. The van der Waals surface area contributed by atoms with Crippen LogP contribution in [0.4, 0.5) is 0 Å². The van der Waals surface area contributed by atoms with Crippen LogP contribution in [0, 0.1) is 5.92 Å². The smallest absolute Gasteiger partial charge is 0.314 e. The zero-order valence-electron chi connectivity index (χ0n) is 10.4. The van der Waals surface area contributed by atoms with Crippen molar-refractivity contribution in [1.82, 2.24) is 0 Å². The van der Waals surface area contributed by atoms with Crippen LogP contribution in [0.5, 0.6) is 0 Å². The van der Waals surface area contributed by atoms with Crippen molar-refractivity contribution in [3.63, 3.8) is 0 Å². The van der Waals surface area contributed by atoms with E-state index >= 15 is 0 Å². The number of rotatable bonds is 11. The highest BCUT2D eigenvalue weighted by Crippen LogP contribution is 2.14. The molecule has 1 unspecified atom stereocenters. The van der Waals surface area contributed by atoms with Gasteiger partial charge in [0.05, 0.1) is 0 Å². The van der Waals surface area contributed by atoms with Gasteiger partial charge in [-0.1, -0.05) is 12.8 Å². The molecular formula is C12H24N2O3. The maximum Gasteiger partial charge on any atom is 0.314 e. The van der Waals surface area contributed by atoms with Crippen LogP contribution < -0.4 is 11.5 Å². The molecule has 5 N–H and O–H groups in total. The zero-order chi connectivity index (χ0) is 13.1. The Bertz CT molecular complexity index is 232. The average molecular weight is 244 g/mol. The van der Waals surface area contributed by atoms with Crippen molar-refractivity contribution in [2.24, 2.45) is 17.4 Å². The van der Waals surface area contributed by atoms with Gasteiger partial charge in [0.25, 0.3) is 0 Å². The maximum absolute atomic E-state index is 11.7. The minimum atomic E-state index is -1.01. The molecule has 0 aromatic carbocycles. The summed E-state index contributed by atoms with van der Waals surface area (Å²) in [5.41, 5.74) is 10.7. The van der Waals surface area contributed by atoms with Gasteiger partial charge in [-0.2, -0.15) is 0 Å². The van der Waals surface area contributed by atoms with Crippen LogP contribution in [0.25, 0.3) is 0 Å². The number of hydrogen-bond donors (Lipinski definition) is 3. The number of aliphatic carboxylic acids is 1. The van der Waals surface area contributed by atoms with E-state index in [1.807, 2.05) is 0 Å². The lowest BCUT2D eigenvalue weighted by atomic mass is 9.94. The molecule has 0 aliphatic carbocycles.